The summed E-state index contributed by atoms with van der Waals surface area (Å²) in [5.41, 5.74) is 0. The van der Waals surface area contributed by atoms with Gasteiger partial charge in [-0.25, -0.2) is 0 Å². The summed E-state index contributed by atoms with van der Waals surface area (Å²) in [6.45, 7) is 7.38. The number of ether oxygens (including phenoxy) is 1. The van der Waals surface area contributed by atoms with Crippen LogP contribution in [0.5, 0.6) is 0 Å². The van der Waals surface area contributed by atoms with Crippen LogP contribution < -0.4 is 0 Å². The number of allylic oxidation sites excluding steroid dienone is 1. The lowest BCUT2D eigenvalue weighted by Crippen LogP contribution is -2.07. The summed E-state index contributed by atoms with van der Waals surface area (Å²) in [5.74, 6) is 0. The molecule has 0 spiro atoms. The Morgan fingerprint density at radius 3 is 2.67 bits per heavy atom. The molecule has 0 aliphatic carbocycles. The first-order valence-corrected chi connectivity index (χ1v) is 3.28. The van der Waals surface area contributed by atoms with Gasteiger partial charge in [-0.1, -0.05) is 13.0 Å². The van der Waals surface area contributed by atoms with Crippen molar-refractivity contribution in [3.05, 3.63) is 19.6 Å². The summed E-state index contributed by atoms with van der Waals surface area (Å²) in [7, 11) is 1.72. The van der Waals surface area contributed by atoms with E-state index in [0.717, 1.165) is 19.3 Å². The van der Waals surface area contributed by atoms with Gasteiger partial charge in [0.2, 0.25) is 0 Å². The third kappa shape index (κ3) is 4.22. The van der Waals surface area contributed by atoms with Gasteiger partial charge in [-0.3, -0.25) is 0 Å². The van der Waals surface area contributed by atoms with Gasteiger partial charge >= 0.3 is 0 Å². The number of hydrogen-bond donors (Lipinski definition) is 0. The molecular weight excluding hydrogens is 112 g/mol. The third-order valence-electron chi connectivity index (χ3n) is 1.35. The molecule has 1 atom stereocenters. The fourth-order valence-electron chi connectivity index (χ4n) is 0.684. The zero-order chi connectivity index (χ0) is 7.11. The highest BCUT2D eigenvalue weighted by atomic mass is 16.5. The Morgan fingerprint density at radius 1 is 1.67 bits per heavy atom. The molecule has 0 saturated heterocycles. The molecule has 0 N–H and O–H groups in total. The van der Waals surface area contributed by atoms with E-state index in [1.807, 2.05) is 6.08 Å². The molecule has 0 aromatic rings. The zero-order valence-electron chi connectivity index (χ0n) is 6.10. The van der Waals surface area contributed by atoms with Gasteiger partial charge in [0.1, 0.15) is 0 Å². The van der Waals surface area contributed by atoms with Crippen LogP contribution in [0.25, 0.3) is 0 Å². The summed E-state index contributed by atoms with van der Waals surface area (Å²) < 4.78 is 5.09. The molecule has 9 heavy (non-hydrogen) atoms. The van der Waals surface area contributed by atoms with Crippen LogP contribution in [0.1, 0.15) is 19.3 Å². The first-order valence-electron chi connectivity index (χ1n) is 3.28. The first kappa shape index (κ1) is 8.70. The van der Waals surface area contributed by atoms with Crippen molar-refractivity contribution in [3.8, 4) is 0 Å². The molecule has 0 aromatic heterocycles. The second-order valence-corrected chi connectivity index (χ2v) is 2.01. The first-order chi connectivity index (χ1) is 4.35. The lowest BCUT2D eigenvalue weighted by atomic mass is 10.1. The Hall–Kier alpha value is -0.300. The van der Waals surface area contributed by atoms with Crippen LogP contribution in [0, 0.1) is 6.92 Å². The van der Waals surface area contributed by atoms with Crippen LogP contribution >= 0.6 is 0 Å². The van der Waals surface area contributed by atoms with E-state index in [1.54, 1.807) is 7.11 Å². The lowest BCUT2D eigenvalue weighted by Gasteiger charge is -2.09. The molecule has 0 aliphatic rings. The van der Waals surface area contributed by atoms with E-state index in [-0.39, 0.29) is 0 Å². The van der Waals surface area contributed by atoms with E-state index in [0.29, 0.717) is 6.10 Å². The Labute approximate surface area is 57.7 Å². The highest BCUT2D eigenvalue weighted by Crippen LogP contribution is 2.04. The van der Waals surface area contributed by atoms with Gasteiger partial charge < -0.3 is 4.74 Å². The largest absolute Gasteiger partial charge is 0.381 e. The Morgan fingerprint density at radius 2 is 2.33 bits per heavy atom. The molecule has 0 amide bonds. The predicted octanol–water partition coefficient (Wildman–Crippen LogP) is 2.19. The number of hydrogen-bond acceptors (Lipinski definition) is 1. The molecule has 1 unspecified atom stereocenters. The Kier molecular flexibility index (Phi) is 5.64. The molecule has 0 saturated carbocycles. The summed E-state index contributed by atoms with van der Waals surface area (Å²) >= 11 is 0. The van der Waals surface area contributed by atoms with E-state index < -0.39 is 0 Å². The molecule has 0 aliphatic heterocycles. The fourth-order valence-corrected chi connectivity index (χ4v) is 0.684. The van der Waals surface area contributed by atoms with Crippen LogP contribution in [0.15, 0.2) is 12.7 Å². The average molecular weight is 127 g/mol. The molecule has 1 nitrogen and oxygen atoms in total. The van der Waals surface area contributed by atoms with Gasteiger partial charge in [0.15, 0.2) is 0 Å². The highest BCUT2D eigenvalue weighted by molar-refractivity contribution is 4.70. The van der Waals surface area contributed by atoms with E-state index >= 15 is 0 Å². The Bertz CT molecular complexity index is 65.0. The van der Waals surface area contributed by atoms with E-state index in [1.165, 1.54) is 0 Å². The monoisotopic (exact) mass is 127 g/mol. The standard InChI is InChI=1S/C8H15O/c1-4-6-7-8(5-2)9-3/h4,8H,1-2,5-7H2,3H3. The fraction of sp³-hybridized carbons (Fsp3) is 0.625. The molecule has 0 fully saturated rings. The lowest BCUT2D eigenvalue weighted by molar-refractivity contribution is 0.0981. The quantitative estimate of drug-likeness (QED) is 0.514. The van der Waals surface area contributed by atoms with Gasteiger partial charge in [0, 0.05) is 7.11 Å². The predicted molar refractivity (Wildman–Crippen MR) is 40.2 cm³/mol. The van der Waals surface area contributed by atoms with Crippen molar-refractivity contribution in [3.63, 3.8) is 0 Å². The molecule has 53 valence electrons. The minimum Gasteiger partial charge on any atom is -0.381 e. The van der Waals surface area contributed by atoms with Crippen LogP contribution in [0.3, 0.4) is 0 Å². The zero-order valence-corrected chi connectivity index (χ0v) is 6.10. The highest BCUT2D eigenvalue weighted by Gasteiger charge is 2.00. The number of rotatable bonds is 5. The van der Waals surface area contributed by atoms with Crippen molar-refractivity contribution >= 4 is 0 Å². The van der Waals surface area contributed by atoms with Gasteiger partial charge in [-0.2, -0.15) is 0 Å². The molecule has 1 heteroatoms. The van der Waals surface area contributed by atoms with Crippen LogP contribution in [-0.4, -0.2) is 13.2 Å². The van der Waals surface area contributed by atoms with Crippen LogP contribution in [0.4, 0.5) is 0 Å². The van der Waals surface area contributed by atoms with Crippen molar-refractivity contribution < 1.29 is 4.74 Å². The average Bonchev–Trinajstić information content (AvgIpc) is 1.91. The topological polar surface area (TPSA) is 9.23 Å². The van der Waals surface area contributed by atoms with Crippen molar-refractivity contribution in [1.82, 2.24) is 0 Å². The molecule has 0 aromatic carbocycles. The van der Waals surface area contributed by atoms with Crippen molar-refractivity contribution in [1.29, 1.82) is 0 Å². The van der Waals surface area contributed by atoms with Crippen LogP contribution in [-0.2, 0) is 4.74 Å². The summed E-state index contributed by atoms with van der Waals surface area (Å²) in [5, 5.41) is 0. The minimum absolute atomic E-state index is 0.322. The summed E-state index contributed by atoms with van der Waals surface area (Å²) in [6, 6.07) is 0. The summed E-state index contributed by atoms with van der Waals surface area (Å²) in [6.07, 6.45) is 5.15. The summed E-state index contributed by atoms with van der Waals surface area (Å²) in [4.78, 5) is 0. The SMILES string of the molecule is [CH2]CC(CCC=C)OC. The van der Waals surface area contributed by atoms with Crippen molar-refractivity contribution in [2.45, 2.75) is 25.4 Å². The van der Waals surface area contributed by atoms with E-state index in [2.05, 4.69) is 13.5 Å². The smallest absolute Gasteiger partial charge is 0.0574 e. The van der Waals surface area contributed by atoms with Crippen molar-refractivity contribution in [2.75, 3.05) is 7.11 Å². The molecular formula is C8H15O. The number of methoxy groups -OCH3 is 1. The third-order valence-corrected chi connectivity index (χ3v) is 1.35. The maximum Gasteiger partial charge on any atom is 0.0574 e. The maximum atomic E-state index is 5.09. The van der Waals surface area contributed by atoms with Crippen LogP contribution in [0.2, 0.25) is 0 Å². The molecule has 1 radical (unpaired) electrons. The molecule has 0 heterocycles. The van der Waals surface area contributed by atoms with Gasteiger partial charge in [-0.05, 0) is 19.3 Å². The van der Waals surface area contributed by atoms with E-state index in [9.17, 15) is 0 Å². The second kappa shape index (κ2) is 5.83. The van der Waals surface area contributed by atoms with Crippen molar-refractivity contribution in [2.24, 2.45) is 0 Å². The minimum atomic E-state index is 0.322. The maximum absolute atomic E-state index is 5.09. The van der Waals surface area contributed by atoms with E-state index in [4.69, 9.17) is 4.74 Å². The Balaban J connectivity index is 3.19. The second-order valence-electron chi connectivity index (χ2n) is 2.01. The molecule has 0 bridgehead atoms. The molecule has 0 rings (SSSR count). The van der Waals surface area contributed by atoms with Gasteiger partial charge in [0.25, 0.3) is 0 Å². The normalized spacial score (nSPS) is 13.1. The van der Waals surface area contributed by atoms with Gasteiger partial charge in [-0.15, -0.1) is 6.58 Å². The van der Waals surface area contributed by atoms with Gasteiger partial charge in [0.05, 0.1) is 6.10 Å².